The van der Waals surface area contributed by atoms with Crippen LogP contribution in [0.3, 0.4) is 0 Å². The number of rotatable bonds is 5. The van der Waals surface area contributed by atoms with Gasteiger partial charge in [0.15, 0.2) is 0 Å². The normalized spacial score (nSPS) is 8.00. The van der Waals surface area contributed by atoms with Crippen LogP contribution in [0, 0.1) is 0 Å². The molecule has 168 valence electrons. The van der Waals surface area contributed by atoms with Gasteiger partial charge in [0.1, 0.15) is 0 Å². The van der Waals surface area contributed by atoms with Crippen molar-refractivity contribution in [2.24, 2.45) is 0 Å². The van der Waals surface area contributed by atoms with Gasteiger partial charge < -0.3 is 30.0 Å². The molecule has 0 unspecified atom stereocenters. The summed E-state index contributed by atoms with van der Waals surface area (Å²) in [6.07, 6.45) is 4.59. The molecule has 0 saturated carbocycles. The van der Waals surface area contributed by atoms with Gasteiger partial charge in [-0.25, -0.2) is 0 Å². The van der Waals surface area contributed by atoms with E-state index < -0.39 is 11.9 Å². The predicted molar refractivity (Wildman–Crippen MR) is 91.6 cm³/mol. The largest absolute Gasteiger partial charge is 2.00 e. The predicted octanol–water partition coefficient (Wildman–Crippen LogP) is -2.13. The summed E-state index contributed by atoms with van der Waals surface area (Å²) in [5.41, 5.74) is 1.76. The zero-order chi connectivity index (χ0) is 20.9. The van der Waals surface area contributed by atoms with Crippen LogP contribution in [0.2, 0.25) is 0 Å². The molecule has 10 heteroatoms. The van der Waals surface area contributed by atoms with Crippen molar-refractivity contribution in [2.45, 2.75) is 33.1 Å². The SMILES string of the molecule is CC(=O)[O-].CCC(=O)[O-].[Cu+2].[Cu+2].[O-]CCc1ccccn1.[O-]CCc1ccccn1. The molecule has 0 N–H and O–H groups in total. The standard InChI is InChI=1S/2C7H8NO.C3H6O2.C2H4O2.2Cu/c2*9-6-4-7-3-1-2-5-8-7;1-2-3(4)5;1-2(3)4;;/h2*1-3,5H,4,6H2;2H2,1H3,(H,4,5);1H3,(H,3,4);;/q2*-1;;;2*+2/p-2. The molecule has 0 aliphatic heterocycles. The van der Waals surface area contributed by atoms with Crippen molar-refractivity contribution in [2.75, 3.05) is 13.2 Å². The number of aromatic nitrogens is 2. The summed E-state index contributed by atoms with van der Waals surface area (Å²) < 4.78 is 0. The molecule has 0 saturated heterocycles. The van der Waals surface area contributed by atoms with E-state index in [-0.39, 0.29) is 53.8 Å². The second-order valence-corrected chi connectivity index (χ2v) is 4.77. The molecule has 8 nitrogen and oxygen atoms in total. The fourth-order valence-corrected chi connectivity index (χ4v) is 1.30. The molecule has 0 atom stereocenters. The third kappa shape index (κ3) is 31.1. The summed E-state index contributed by atoms with van der Waals surface area (Å²) in [4.78, 5) is 26.1. The van der Waals surface area contributed by atoms with Gasteiger partial charge in [-0.2, -0.15) is 0 Å². The molecule has 0 aliphatic carbocycles. The van der Waals surface area contributed by atoms with Gasteiger partial charge in [0.05, 0.1) is 0 Å². The van der Waals surface area contributed by atoms with Crippen molar-refractivity contribution in [3.05, 3.63) is 60.2 Å². The Morgan fingerprint density at radius 1 is 0.828 bits per heavy atom. The molecule has 2 radical (unpaired) electrons. The fraction of sp³-hybridized carbons (Fsp3) is 0.368. The number of carbonyl (C=O) groups is 2. The second-order valence-electron chi connectivity index (χ2n) is 4.77. The van der Waals surface area contributed by atoms with Crippen molar-refractivity contribution >= 4 is 11.9 Å². The van der Waals surface area contributed by atoms with E-state index >= 15 is 0 Å². The maximum Gasteiger partial charge on any atom is 2.00 e. The Morgan fingerprint density at radius 3 is 1.31 bits per heavy atom. The number of carboxylic acids is 2. The van der Waals surface area contributed by atoms with E-state index in [4.69, 9.17) is 9.90 Å². The van der Waals surface area contributed by atoms with Crippen LogP contribution in [-0.4, -0.2) is 35.1 Å². The van der Waals surface area contributed by atoms with Crippen molar-refractivity contribution in [3.63, 3.8) is 0 Å². The van der Waals surface area contributed by atoms with Gasteiger partial charge in [-0.15, -0.1) is 13.2 Å². The van der Waals surface area contributed by atoms with E-state index in [1.165, 1.54) is 6.92 Å². The van der Waals surface area contributed by atoms with Crippen LogP contribution in [0.1, 0.15) is 31.7 Å². The van der Waals surface area contributed by atoms with Gasteiger partial charge in [-0.05, 0) is 50.5 Å². The molecule has 2 aromatic heterocycles. The molecule has 0 fully saturated rings. The van der Waals surface area contributed by atoms with Crippen molar-refractivity contribution < 1.29 is 64.2 Å². The fourth-order valence-electron chi connectivity index (χ4n) is 1.30. The zero-order valence-electron chi connectivity index (χ0n) is 16.1. The molecule has 0 aliphatic rings. The maximum absolute atomic E-state index is 10.1. The van der Waals surface area contributed by atoms with E-state index in [0.717, 1.165) is 18.3 Å². The topological polar surface area (TPSA) is 152 Å². The third-order valence-corrected chi connectivity index (χ3v) is 2.46. The summed E-state index contributed by atoms with van der Waals surface area (Å²) in [6, 6.07) is 11.2. The molecule has 0 spiro atoms. The van der Waals surface area contributed by atoms with E-state index in [2.05, 4.69) is 9.97 Å². The average Bonchev–Trinajstić information content (AvgIpc) is 2.65. The number of hydrogen-bond donors (Lipinski definition) is 0. The van der Waals surface area contributed by atoms with Crippen LogP contribution in [0.15, 0.2) is 48.8 Å². The summed E-state index contributed by atoms with van der Waals surface area (Å²) in [7, 11) is 0. The Kier molecular flexibility index (Phi) is 31.3. The number of nitrogens with zero attached hydrogens (tertiary/aromatic N) is 2. The first-order valence-electron chi connectivity index (χ1n) is 8.20. The smallest absolute Gasteiger partial charge is 0.854 e. The van der Waals surface area contributed by atoms with E-state index in [1.54, 1.807) is 12.4 Å². The van der Waals surface area contributed by atoms with E-state index in [1.807, 2.05) is 36.4 Å². The maximum atomic E-state index is 10.1. The summed E-state index contributed by atoms with van der Waals surface area (Å²) in [6.45, 7) is 2.36. The Bertz CT molecular complexity index is 559. The van der Waals surface area contributed by atoms with Gasteiger partial charge in [0.25, 0.3) is 0 Å². The number of carbonyl (C=O) groups excluding carboxylic acids is 2. The van der Waals surface area contributed by atoms with Crippen LogP contribution in [0.25, 0.3) is 0 Å². The minimum atomic E-state index is -1.08. The molecule has 0 aromatic carbocycles. The first kappa shape index (κ1) is 34.7. The molecular weight excluding hydrogens is 479 g/mol. The third-order valence-electron chi connectivity index (χ3n) is 2.46. The van der Waals surface area contributed by atoms with Crippen LogP contribution in [0.5, 0.6) is 0 Å². The zero-order valence-corrected chi connectivity index (χ0v) is 18.0. The van der Waals surface area contributed by atoms with Crippen molar-refractivity contribution in [1.29, 1.82) is 0 Å². The minimum absolute atomic E-state index is 0. The van der Waals surface area contributed by atoms with E-state index in [0.29, 0.717) is 12.8 Å². The Labute approximate surface area is 192 Å². The van der Waals surface area contributed by atoms with Gasteiger partial charge in [-0.3, -0.25) is 9.97 Å². The molecular formula is C19H24Cu2N2O6. The van der Waals surface area contributed by atoms with Gasteiger partial charge in [-0.1, -0.05) is 19.1 Å². The second kappa shape index (κ2) is 26.2. The summed E-state index contributed by atoms with van der Waals surface area (Å²) in [5.74, 6) is -2.08. The van der Waals surface area contributed by atoms with Crippen LogP contribution < -0.4 is 20.4 Å². The first-order chi connectivity index (χ1) is 12.9. The Hall–Kier alpha value is -1.80. The van der Waals surface area contributed by atoms with Crippen molar-refractivity contribution in [3.8, 4) is 0 Å². The molecule has 0 amide bonds. The Morgan fingerprint density at radius 2 is 1.14 bits per heavy atom. The van der Waals surface area contributed by atoms with Crippen LogP contribution in [0.4, 0.5) is 0 Å². The molecule has 2 rings (SSSR count). The van der Waals surface area contributed by atoms with Crippen LogP contribution >= 0.6 is 0 Å². The number of aliphatic carboxylic acids is 2. The molecule has 2 aromatic rings. The van der Waals surface area contributed by atoms with Crippen molar-refractivity contribution in [1.82, 2.24) is 9.97 Å². The number of pyridine rings is 2. The molecule has 29 heavy (non-hydrogen) atoms. The first-order valence-corrected chi connectivity index (χ1v) is 8.20. The summed E-state index contributed by atoms with van der Waals surface area (Å²) in [5, 5.41) is 38.3. The number of hydrogen-bond acceptors (Lipinski definition) is 8. The molecule has 0 bridgehead atoms. The number of carboxylic acid groups (broad SMARTS) is 2. The quantitative estimate of drug-likeness (QED) is 0.420. The van der Waals surface area contributed by atoms with Gasteiger partial charge in [0.2, 0.25) is 0 Å². The monoisotopic (exact) mass is 502 g/mol. The Balaban J connectivity index is -0.000000148. The minimum Gasteiger partial charge on any atom is -0.854 e. The van der Waals surface area contributed by atoms with Gasteiger partial charge in [0, 0.05) is 35.7 Å². The van der Waals surface area contributed by atoms with Crippen LogP contribution in [-0.2, 0) is 56.6 Å². The van der Waals surface area contributed by atoms with Gasteiger partial charge >= 0.3 is 34.1 Å². The molecule has 2 heterocycles. The average molecular weight is 504 g/mol. The van der Waals surface area contributed by atoms with E-state index in [9.17, 15) is 20.1 Å². The summed E-state index contributed by atoms with van der Waals surface area (Å²) >= 11 is 0.